The van der Waals surface area contributed by atoms with Gasteiger partial charge in [0, 0.05) is 38.5 Å². The maximum atomic E-state index is 11.5. The Hall–Kier alpha value is -1.27. The Balaban J connectivity index is 2.15. The largest absolute Gasteiger partial charge is 0.397 e. The van der Waals surface area contributed by atoms with Crippen LogP contribution in [0.25, 0.3) is 0 Å². The number of nitrogens with zero attached hydrogens (tertiary/aromatic N) is 2. The number of benzene rings is 1. The van der Waals surface area contributed by atoms with Crippen LogP contribution in [0.1, 0.15) is 13.8 Å². The molecule has 0 saturated carbocycles. The molecule has 2 rings (SSSR count). The smallest absolute Gasteiger partial charge is 0.175 e. The van der Waals surface area contributed by atoms with E-state index in [4.69, 9.17) is 5.73 Å². The maximum Gasteiger partial charge on any atom is 0.175 e. The normalized spacial score (nSPS) is 17.7. The zero-order valence-electron chi connectivity index (χ0n) is 12.3. The van der Waals surface area contributed by atoms with Crippen molar-refractivity contribution in [2.24, 2.45) is 0 Å². The van der Waals surface area contributed by atoms with Gasteiger partial charge >= 0.3 is 0 Å². The number of rotatable bonds is 3. The summed E-state index contributed by atoms with van der Waals surface area (Å²) in [6.45, 7) is 8.24. The van der Waals surface area contributed by atoms with Gasteiger partial charge in [0.25, 0.3) is 0 Å². The van der Waals surface area contributed by atoms with Crippen molar-refractivity contribution in [2.45, 2.75) is 24.8 Å². The SMILES string of the molecule is CC(C)N1CCN(c2ccc(S(C)(=O)=O)cc2N)CC1. The van der Waals surface area contributed by atoms with Crippen molar-refractivity contribution < 1.29 is 8.42 Å². The molecule has 1 saturated heterocycles. The summed E-state index contributed by atoms with van der Waals surface area (Å²) in [5.41, 5.74) is 7.49. The number of sulfone groups is 1. The third-order valence-electron chi connectivity index (χ3n) is 3.81. The summed E-state index contributed by atoms with van der Waals surface area (Å²) in [6, 6.07) is 5.56. The lowest BCUT2D eigenvalue weighted by Crippen LogP contribution is -2.49. The topological polar surface area (TPSA) is 66.6 Å². The zero-order valence-corrected chi connectivity index (χ0v) is 13.2. The van der Waals surface area contributed by atoms with Gasteiger partial charge in [-0.05, 0) is 32.0 Å². The fourth-order valence-corrected chi connectivity index (χ4v) is 3.19. The van der Waals surface area contributed by atoms with Crippen LogP contribution in [0.3, 0.4) is 0 Å². The first-order chi connectivity index (χ1) is 9.29. The first-order valence-electron chi connectivity index (χ1n) is 6.87. The van der Waals surface area contributed by atoms with Crippen LogP contribution < -0.4 is 10.6 Å². The molecule has 0 bridgehead atoms. The molecule has 1 aromatic rings. The summed E-state index contributed by atoms with van der Waals surface area (Å²) in [5, 5.41) is 0. The van der Waals surface area contributed by atoms with Gasteiger partial charge < -0.3 is 10.6 Å². The van der Waals surface area contributed by atoms with E-state index in [0.29, 0.717) is 11.7 Å². The highest BCUT2D eigenvalue weighted by molar-refractivity contribution is 7.90. The second-order valence-electron chi connectivity index (χ2n) is 5.61. The molecule has 2 N–H and O–H groups in total. The van der Waals surface area contributed by atoms with E-state index < -0.39 is 9.84 Å². The minimum atomic E-state index is -3.20. The lowest BCUT2D eigenvalue weighted by molar-refractivity contribution is 0.209. The number of hydrogen-bond donors (Lipinski definition) is 1. The monoisotopic (exact) mass is 297 g/mol. The number of nitrogen functional groups attached to an aromatic ring is 1. The Labute approximate surface area is 121 Å². The van der Waals surface area contributed by atoms with Crippen LogP contribution in [0.5, 0.6) is 0 Å². The summed E-state index contributed by atoms with van der Waals surface area (Å²) in [5.74, 6) is 0. The molecular weight excluding hydrogens is 274 g/mol. The lowest BCUT2D eigenvalue weighted by atomic mass is 10.2. The van der Waals surface area contributed by atoms with Gasteiger partial charge in [-0.15, -0.1) is 0 Å². The van der Waals surface area contributed by atoms with Crippen molar-refractivity contribution in [3.8, 4) is 0 Å². The number of piperazine rings is 1. The molecule has 20 heavy (non-hydrogen) atoms. The molecule has 0 spiro atoms. The Bertz CT molecular complexity index is 576. The van der Waals surface area contributed by atoms with Crippen LogP contribution in [0.2, 0.25) is 0 Å². The Morgan fingerprint density at radius 1 is 1.15 bits per heavy atom. The van der Waals surface area contributed by atoms with Gasteiger partial charge in [0.15, 0.2) is 9.84 Å². The van der Waals surface area contributed by atoms with E-state index in [9.17, 15) is 8.42 Å². The van der Waals surface area contributed by atoms with E-state index in [1.54, 1.807) is 12.1 Å². The molecule has 1 aromatic carbocycles. The Morgan fingerprint density at radius 2 is 1.75 bits per heavy atom. The van der Waals surface area contributed by atoms with E-state index in [1.807, 2.05) is 6.07 Å². The molecule has 0 radical (unpaired) electrons. The summed E-state index contributed by atoms with van der Waals surface area (Å²) in [7, 11) is -3.20. The third kappa shape index (κ3) is 3.24. The standard InChI is InChI=1S/C14H23N3O2S/c1-11(2)16-6-8-17(9-7-16)14-5-4-12(10-13(14)15)20(3,18)19/h4-5,10-11H,6-9,15H2,1-3H3. The van der Waals surface area contributed by atoms with Crippen LogP contribution in [0.15, 0.2) is 23.1 Å². The molecule has 0 aromatic heterocycles. The summed E-state index contributed by atoms with van der Waals surface area (Å²) >= 11 is 0. The minimum Gasteiger partial charge on any atom is -0.397 e. The van der Waals surface area contributed by atoms with E-state index in [1.165, 1.54) is 6.26 Å². The molecular formula is C14H23N3O2S. The fourth-order valence-electron chi connectivity index (χ4n) is 2.53. The average Bonchev–Trinajstić information content (AvgIpc) is 2.37. The van der Waals surface area contributed by atoms with Gasteiger partial charge in [-0.25, -0.2) is 8.42 Å². The van der Waals surface area contributed by atoms with E-state index in [-0.39, 0.29) is 4.90 Å². The highest BCUT2D eigenvalue weighted by Crippen LogP contribution is 2.27. The number of anilines is 2. The van der Waals surface area contributed by atoms with Gasteiger partial charge in [0.2, 0.25) is 0 Å². The highest BCUT2D eigenvalue weighted by atomic mass is 32.2. The molecule has 0 atom stereocenters. The predicted molar refractivity (Wildman–Crippen MR) is 82.9 cm³/mol. The van der Waals surface area contributed by atoms with E-state index >= 15 is 0 Å². The van der Waals surface area contributed by atoms with Crippen LogP contribution in [0, 0.1) is 0 Å². The van der Waals surface area contributed by atoms with Crippen molar-refractivity contribution in [1.82, 2.24) is 4.90 Å². The molecule has 1 fully saturated rings. The number of nitrogens with two attached hydrogens (primary N) is 1. The molecule has 1 aliphatic heterocycles. The van der Waals surface area contributed by atoms with Gasteiger partial charge in [0.1, 0.15) is 0 Å². The molecule has 0 amide bonds. The quantitative estimate of drug-likeness (QED) is 0.849. The van der Waals surface area contributed by atoms with Crippen molar-refractivity contribution in [2.75, 3.05) is 43.1 Å². The lowest BCUT2D eigenvalue weighted by Gasteiger charge is -2.38. The molecule has 1 heterocycles. The van der Waals surface area contributed by atoms with E-state index in [2.05, 4.69) is 23.6 Å². The molecule has 1 aliphatic rings. The van der Waals surface area contributed by atoms with Crippen LogP contribution in [-0.4, -0.2) is 51.8 Å². The second kappa shape index (κ2) is 5.61. The van der Waals surface area contributed by atoms with Crippen LogP contribution in [0.4, 0.5) is 11.4 Å². The zero-order chi connectivity index (χ0) is 14.9. The van der Waals surface area contributed by atoms with Crippen LogP contribution in [-0.2, 0) is 9.84 Å². The van der Waals surface area contributed by atoms with Crippen molar-refractivity contribution in [3.05, 3.63) is 18.2 Å². The summed E-state index contributed by atoms with van der Waals surface area (Å²) in [4.78, 5) is 4.93. The van der Waals surface area contributed by atoms with E-state index in [0.717, 1.165) is 31.9 Å². The molecule has 6 heteroatoms. The summed E-state index contributed by atoms with van der Waals surface area (Å²) < 4.78 is 23.0. The Kier molecular flexibility index (Phi) is 4.25. The van der Waals surface area contributed by atoms with Crippen molar-refractivity contribution >= 4 is 21.2 Å². The molecule has 0 aliphatic carbocycles. The summed E-state index contributed by atoms with van der Waals surface area (Å²) in [6.07, 6.45) is 1.20. The first kappa shape index (κ1) is 15.1. The third-order valence-corrected chi connectivity index (χ3v) is 4.92. The highest BCUT2D eigenvalue weighted by Gasteiger charge is 2.21. The molecule has 0 unspecified atom stereocenters. The fraction of sp³-hybridized carbons (Fsp3) is 0.571. The second-order valence-corrected chi connectivity index (χ2v) is 7.63. The van der Waals surface area contributed by atoms with Crippen molar-refractivity contribution in [3.63, 3.8) is 0 Å². The minimum absolute atomic E-state index is 0.277. The Morgan fingerprint density at radius 3 is 2.20 bits per heavy atom. The first-order valence-corrected chi connectivity index (χ1v) is 8.77. The van der Waals surface area contributed by atoms with Crippen LogP contribution >= 0.6 is 0 Å². The van der Waals surface area contributed by atoms with Crippen molar-refractivity contribution in [1.29, 1.82) is 0 Å². The van der Waals surface area contributed by atoms with Gasteiger partial charge in [-0.1, -0.05) is 0 Å². The van der Waals surface area contributed by atoms with Gasteiger partial charge in [-0.3, -0.25) is 4.90 Å². The molecule has 5 nitrogen and oxygen atoms in total. The van der Waals surface area contributed by atoms with Gasteiger partial charge in [0.05, 0.1) is 16.3 Å². The number of hydrogen-bond acceptors (Lipinski definition) is 5. The molecule has 112 valence electrons. The van der Waals surface area contributed by atoms with Gasteiger partial charge in [-0.2, -0.15) is 0 Å². The average molecular weight is 297 g/mol. The predicted octanol–water partition coefficient (Wildman–Crippen LogP) is 1.20. The maximum absolute atomic E-state index is 11.5.